The number of rotatable bonds is 4. The molecular weight excluding hydrogens is 322 g/mol. The summed E-state index contributed by atoms with van der Waals surface area (Å²) >= 11 is 0. The molecule has 2 unspecified atom stereocenters. The Morgan fingerprint density at radius 2 is 1.91 bits per heavy atom. The third kappa shape index (κ3) is 2.74. The Bertz CT molecular complexity index is 664. The number of nitrogens with two attached hydrogens (primary N) is 2. The van der Waals surface area contributed by atoms with E-state index in [9.17, 15) is 18.5 Å². The summed E-state index contributed by atoms with van der Waals surface area (Å²) in [5.41, 5.74) is 10.8. The molecule has 9 nitrogen and oxygen atoms in total. The van der Waals surface area contributed by atoms with Crippen molar-refractivity contribution in [3.63, 3.8) is 0 Å². The van der Waals surface area contributed by atoms with Crippen LogP contribution in [-0.4, -0.2) is 53.4 Å². The predicted molar refractivity (Wildman–Crippen MR) is 84.7 cm³/mol. The Kier molecular flexibility index (Phi) is 3.93. The van der Waals surface area contributed by atoms with E-state index in [1.807, 2.05) is 0 Å². The van der Waals surface area contributed by atoms with E-state index >= 15 is 0 Å². The number of nitro groups is 1. The van der Waals surface area contributed by atoms with Gasteiger partial charge in [-0.25, -0.2) is 17.7 Å². The first-order valence-electron chi connectivity index (χ1n) is 7.69. The number of nitrogens with zero attached hydrogens (tertiary/aromatic N) is 3. The van der Waals surface area contributed by atoms with Gasteiger partial charge in [0.05, 0.1) is 5.25 Å². The van der Waals surface area contributed by atoms with Crippen LogP contribution in [0, 0.1) is 16.0 Å². The Labute approximate surface area is 134 Å². The van der Waals surface area contributed by atoms with Crippen LogP contribution in [0.5, 0.6) is 0 Å². The molecule has 3 rings (SSSR count). The molecule has 0 aromatic heterocycles. The van der Waals surface area contributed by atoms with Crippen LogP contribution in [0.1, 0.15) is 25.7 Å². The zero-order valence-electron chi connectivity index (χ0n) is 12.7. The van der Waals surface area contributed by atoms with Gasteiger partial charge in [0.2, 0.25) is 10.0 Å². The molecule has 0 bridgehead atoms. The van der Waals surface area contributed by atoms with Crippen molar-refractivity contribution in [2.45, 2.75) is 42.5 Å². The molecular formula is C13H21N5O4S. The summed E-state index contributed by atoms with van der Waals surface area (Å²) in [4.78, 5) is 14.7. The SMILES string of the molecule is NC1=NC=CC(N)(C2CCN(S(=O)(=O)C3CC3)CC2)C1[N+](=O)[O-]. The summed E-state index contributed by atoms with van der Waals surface area (Å²) in [7, 11) is -3.21. The number of hydrogen-bond acceptors (Lipinski definition) is 7. The summed E-state index contributed by atoms with van der Waals surface area (Å²) in [6.45, 7) is 0.690. The zero-order valence-corrected chi connectivity index (χ0v) is 13.5. The summed E-state index contributed by atoms with van der Waals surface area (Å²) in [6, 6.07) is -1.27. The van der Waals surface area contributed by atoms with Gasteiger partial charge in [-0.05, 0) is 37.7 Å². The molecule has 0 aromatic carbocycles. The number of hydrogen-bond donors (Lipinski definition) is 2. The second-order valence-electron chi connectivity index (χ2n) is 6.48. The fourth-order valence-electron chi connectivity index (χ4n) is 3.51. The maximum atomic E-state index is 12.3. The van der Waals surface area contributed by atoms with E-state index in [2.05, 4.69) is 4.99 Å². The summed E-state index contributed by atoms with van der Waals surface area (Å²) in [5.74, 6) is -0.318. The average molecular weight is 343 g/mol. The minimum Gasteiger partial charge on any atom is -0.381 e. The molecule has 23 heavy (non-hydrogen) atoms. The first-order chi connectivity index (χ1) is 10.8. The highest BCUT2D eigenvalue weighted by Gasteiger charge is 2.53. The largest absolute Gasteiger partial charge is 0.381 e. The van der Waals surface area contributed by atoms with Crippen molar-refractivity contribution < 1.29 is 13.3 Å². The normalized spacial score (nSPS) is 33.4. The smallest absolute Gasteiger partial charge is 0.290 e. The van der Waals surface area contributed by atoms with E-state index < -0.39 is 26.5 Å². The van der Waals surface area contributed by atoms with Gasteiger partial charge in [-0.3, -0.25) is 10.1 Å². The third-order valence-electron chi connectivity index (χ3n) is 5.02. The predicted octanol–water partition coefficient (Wildman–Crippen LogP) is -0.582. The standard InChI is InChI=1S/C13H21N5O4S/c14-12-11(18(19)20)13(15,5-6-16-12)9-3-7-17(8-4-9)23(21,22)10-1-2-10/h5-6,9-11H,1-4,7-8,15H2,(H2,14,16). The molecule has 2 heterocycles. The molecule has 128 valence electrons. The van der Waals surface area contributed by atoms with Crippen LogP contribution in [0.25, 0.3) is 0 Å². The average Bonchev–Trinajstić information content (AvgIpc) is 3.32. The second kappa shape index (κ2) is 5.53. The quantitative estimate of drug-likeness (QED) is 0.516. The molecule has 0 spiro atoms. The summed E-state index contributed by atoms with van der Waals surface area (Å²) < 4.78 is 26.0. The van der Waals surface area contributed by atoms with Crippen LogP contribution in [-0.2, 0) is 10.0 Å². The number of piperidine rings is 1. The van der Waals surface area contributed by atoms with Gasteiger partial charge in [0.15, 0.2) is 5.84 Å². The van der Waals surface area contributed by atoms with Crippen molar-refractivity contribution >= 4 is 15.9 Å². The Hall–Kier alpha value is -1.52. The lowest BCUT2D eigenvalue weighted by Crippen LogP contribution is -2.65. The lowest BCUT2D eigenvalue weighted by Gasteiger charge is -2.41. The van der Waals surface area contributed by atoms with Gasteiger partial charge in [0, 0.05) is 24.2 Å². The molecule has 0 aromatic rings. The molecule has 2 fully saturated rings. The van der Waals surface area contributed by atoms with Gasteiger partial charge >= 0.3 is 0 Å². The van der Waals surface area contributed by atoms with Crippen LogP contribution in [0.15, 0.2) is 17.3 Å². The maximum absolute atomic E-state index is 12.3. The zero-order chi connectivity index (χ0) is 16.8. The monoisotopic (exact) mass is 343 g/mol. The van der Waals surface area contributed by atoms with Crippen molar-refractivity contribution in [3.05, 3.63) is 22.4 Å². The van der Waals surface area contributed by atoms with E-state index in [1.54, 1.807) is 0 Å². The van der Waals surface area contributed by atoms with Crippen LogP contribution < -0.4 is 11.5 Å². The van der Waals surface area contributed by atoms with Crippen molar-refractivity contribution in [2.75, 3.05) is 13.1 Å². The molecule has 3 aliphatic rings. The molecule has 4 N–H and O–H groups in total. The summed E-state index contributed by atoms with van der Waals surface area (Å²) in [6.07, 6.45) is 5.34. The Morgan fingerprint density at radius 1 is 1.30 bits per heavy atom. The fraction of sp³-hybridized carbons (Fsp3) is 0.769. The second-order valence-corrected chi connectivity index (χ2v) is 8.69. The molecule has 10 heteroatoms. The minimum absolute atomic E-state index is 0.104. The van der Waals surface area contributed by atoms with E-state index in [4.69, 9.17) is 11.5 Å². The van der Waals surface area contributed by atoms with Crippen LogP contribution in [0.4, 0.5) is 0 Å². The molecule has 0 radical (unpaired) electrons. The van der Waals surface area contributed by atoms with Crippen molar-refractivity contribution in [1.29, 1.82) is 0 Å². The summed E-state index contributed by atoms with van der Waals surface area (Å²) in [5, 5.41) is 11.1. The highest BCUT2D eigenvalue weighted by Crippen LogP contribution is 2.37. The Morgan fingerprint density at radius 3 is 2.43 bits per heavy atom. The lowest BCUT2D eigenvalue weighted by molar-refractivity contribution is -0.513. The molecule has 1 saturated carbocycles. The molecule has 1 saturated heterocycles. The topological polar surface area (TPSA) is 145 Å². The first kappa shape index (κ1) is 16.3. The van der Waals surface area contributed by atoms with Gasteiger partial charge in [0.1, 0.15) is 5.54 Å². The van der Waals surface area contributed by atoms with E-state index in [-0.39, 0.29) is 17.0 Å². The Balaban J connectivity index is 1.75. The van der Waals surface area contributed by atoms with Gasteiger partial charge in [-0.1, -0.05) is 0 Å². The molecule has 0 amide bonds. The van der Waals surface area contributed by atoms with Crippen molar-refractivity contribution in [2.24, 2.45) is 22.4 Å². The van der Waals surface area contributed by atoms with Crippen molar-refractivity contribution in [1.82, 2.24) is 4.31 Å². The number of amidine groups is 1. The van der Waals surface area contributed by atoms with Gasteiger partial charge in [-0.2, -0.15) is 0 Å². The first-order valence-corrected chi connectivity index (χ1v) is 9.19. The molecule has 2 aliphatic heterocycles. The van der Waals surface area contributed by atoms with E-state index in [1.165, 1.54) is 16.6 Å². The van der Waals surface area contributed by atoms with Crippen LogP contribution in [0.2, 0.25) is 0 Å². The van der Waals surface area contributed by atoms with Gasteiger partial charge in [0.25, 0.3) is 6.04 Å². The van der Waals surface area contributed by atoms with Crippen molar-refractivity contribution in [3.8, 4) is 0 Å². The van der Waals surface area contributed by atoms with Gasteiger partial charge in [-0.15, -0.1) is 0 Å². The molecule has 2 atom stereocenters. The third-order valence-corrected chi connectivity index (χ3v) is 7.42. The fourth-order valence-corrected chi connectivity index (χ4v) is 5.38. The van der Waals surface area contributed by atoms with Crippen LogP contribution in [0.3, 0.4) is 0 Å². The highest BCUT2D eigenvalue weighted by atomic mass is 32.2. The number of aliphatic imine (C=N–C) groups is 1. The highest BCUT2D eigenvalue weighted by molar-refractivity contribution is 7.90. The van der Waals surface area contributed by atoms with E-state index in [0.717, 1.165) is 12.8 Å². The van der Waals surface area contributed by atoms with Crippen LogP contribution >= 0.6 is 0 Å². The minimum atomic E-state index is -3.21. The maximum Gasteiger partial charge on any atom is 0.290 e. The van der Waals surface area contributed by atoms with E-state index in [0.29, 0.717) is 25.9 Å². The molecule has 1 aliphatic carbocycles. The number of sulfonamides is 1. The lowest BCUT2D eigenvalue weighted by atomic mass is 9.73. The van der Waals surface area contributed by atoms with Gasteiger partial charge < -0.3 is 11.5 Å².